The van der Waals surface area contributed by atoms with Crippen molar-refractivity contribution in [1.29, 1.82) is 5.26 Å². The highest BCUT2D eigenvalue weighted by atomic mass is 19.1. The number of methoxy groups -OCH3 is 1. The summed E-state index contributed by atoms with van der Waals surface area (Å²) in [7, 11) is 1.60. The average Bonchev–Trinajstić information content (AvgIpc) is 2.88. The molecule has 186 valence electrons. The van der Waals surface area contributed by atoms with Crippen LogP contribution < -0.4 is 15.4 Å². The van der Waals surface area contributed by atoms with Crippen LogP contribution in [0.2, 0.25) is 0 Å². The molecule has 0 spiro atoms. The van der Waals surface area contributed by atoms with Crippen LogP contribution >= 0.6 is 0 Å². The number of nitriles is 1. The zero-order chi connectivity index (χ0) is 25.0. The van der Waals surface area contributed by atoms with E-state index in [4.69, 9.17) is 14.2 Å². The van der Waals surface area contributed by atoms with E-state index in [0.29, 0.717) is 38.6 Å². The number of nitrogens with zero attached hydrogens (tertiary/aromatic N) is 2. The van der Waals surface area contributed by atoms with Gasteiger partial charge in [-0.25, -0.2) is 9.18 Å². The van der Waals surface area contributed by atoms with Gasteiger partial charge in [-0.15, -0.1) is 0 Å². The maximum Gasteiger partial charge on any atom is 0.352 e. The number of esters is 1. The Hall–Kier alpha value is -3.61. The minimum absolute atomic E-state index is 0.126. The van der Waals surface area contributed by atoms with Crippen molar-refractivity contribution in [3.05, 3.63) is 76.9 Å². The lowest BCUT2D eigenvalue weighted by molar-refractivity contribution is -0.138. The van der Waals surface area contributed by atoms with Crippen molar-refractivity contribution in [1.82, 2.24) is 15.5 Å². The quantitative estimate of drug-likeness (QED) is 0.287. The molecule has 1 aliphatic heterocycles. The van der Waals surface area contributed by atoms with Crippen LogP contribution in [0.3, 0.4) is 0 Å². The number of rotatable bonds is 11. The second kappa shape index (κ2) is 13.3. The molecule has 1 atom stereocenters. The van der Waals surface area contributed by atoms with E-state index >= 15 is 0 Å². The fourth-order valence-electron chi connectivity index (χ4n) is 3.69. The first-order valence-corrected chi connectivity index (χ1v) is 11.5. The van der Waals surface area contributed by atoms with Crippen LogP contribution in [0.25, 0.3) is 0 Å². The van der Waals surface area contributed by atoms with E-state index in [2.05, 4.69) is 15.5 Å². The van der Waals surface area contributed by atoms with Crippen LogP contribution in [0.1, 0.15) is 18.1 Å². The predicted molar refractivity (Wildman–Crippen MR) is 129 cm³/mol. The summed E-state index contributed by atoms with van der Waals surface area (Å²) in [6, 6.07) is 15.9. The van der Waals surface area contributed by atoms with E-state index in [0.717, 1.165) is 23.4 Å². The molecule has 0 saturated carbocycles. The molecule has 3 rings (SSSR count). The van der Waals surface area contributed by atoms with Crippen molar-refractivity contribution >= 4 is 5.97 Å². The Balaban J connectivity index is 1.65. The number of benzene rings is 2. The van der Waals surface area contributed by atoms with Crippen LogP contribution in [0.15, 0.2) is 59.9 Å². The third-order valence-corrected chi connectivity index (χ3v) is 5.52. The number of nitrogens with one attached hydrogen (secondary N) is 2. The van der Waals surface area contributed by atoms with E-state index in [-0.39, 0.29) is 24.1 Å². The Bertz CT molecular complexity index is 1030. The number of hydrogen-bond donors (Lipinski definition) is 2. The maximum atomic E-state index is 13.2. The molecule has 0 radical (unpaired) electrons. The van der Waals surface area contributed by atoms with Crippen molar-refractivity contribution in [2.45, 2.75) is 26.1 Å². The van der Waals surface area contributed by atoms with E-state index in [9.17, 15) is 14.4 Å². The first kappa shape index (κ1) is 26.0. The number of halogens is 1. The summed E-state index contributed by atoms with van der Waals surface area (Å²) in [5.74, 6) is 0.0870. The molecule has 1 saturated heterocycles. The first-order chi connectivity index (χ1) is 17.0. The number of hydrogen-bond acceptors (Lipinski definition) is 8. The third kappa shape index (κ3) is 7.98. The van der Waals surface area contributed by atoms with Gasteiger partial charge < -0.3 is 24.8 Å². The highest BCUT2D eigenvalue weighted by Crippen LogP contribution is 2.14. The van der Waals surface area contributed by atoms with Crippen LogP contribution in [0, 0.1) is 17.1 Å². The summed E-state index contributed by atoms with van der Waals surface area (Å²) in [4.78, 5) is 14.6. The van der Waals surface area contributed by atoms with E-state index in [1.165, 1.54) is 12.1 Å². The van der Waals surface area contributed by atoms with Gasteiger partial charge >= 0.3 is 5.97 Å². The fourth-order valence-corrected chi connectivity index (χ4v) is 3.69. The standard InChI is InChI=1S/C26H31FN4O4/c1-3-34-26(32)24(14-28)25(29-15-19-6-10-22(33-2)11-7-19)30-16-23-18-31(12-13-35-23)17-20-4-8-21(27)9-5-20/h4-11,23,29-30H,3,12-13,15-18H2,1-2H3/b25-24+. The molecule has 2 aromatic rings. The monoisotopic (exact) mass is 482 g/mol. The molecule has 35 heavy (non-hydrogen) atoms. The SMILES string of the molecule is CCOC(=O)/C(C#N)=C(\NCc1ccc(OC)cc1)NCC1CN(Cc2ccc(F)cc2)CCO1. The van der Waals surface area contributed by atoms with Gasteiger partial charge in [0, 0.05) is 32.7 Å². The average molecular weight is 483 g/mol. The van der Waals surface area contributed by atoms with Gasteiger partial charge in [0.2, 0.25) is 0 Å². The summed E-state index contributed by atoms with van der Waals surface area (Å²) >= 11 is 0. The molecular weight excluding hydrogens is 451 g/mol. The van der Waals surface area contributed by atoms with Crippen LogP contribution in [0.5, 0.6) is 5.75 Å². The van der Waals surface area contributed by atoms with E-state index < -0.39 is 5.97 Å². The summed E-state index contributed by atoms with van der Waals surface area (Å²) in [6.45, 7) is 5.28. The topological polar surface area (TPSA) is 95.9 Å². The van der Waals surface area contributed by atoms with Gasteiger partial charge in [0.15, 0.2) is 5.57 Å². The van der Waals surface area contributed by atoms with E-state index in [1.807, 2.05) is 30.3 Å². The number of carbonyl (C=O) groups excluding carboxylic acids is 1. The molecule has 0 amide bonds. The third-order valence-electron chi connectivity index (χ3n) is 5.52. The molecule has 2 N–H and O–H groups in total. The van der Waals surface area contributed by atoms with Crippen LogP contribution in [-0.2, 0) is 27.4 Å². The van der Waals surface area contributed by atoms with Gasteiger partial charge in [-0.2, -0.15) is 5.26 Å². The number of ether oxygens (including phenoxy) is 3. The maximum absolute atomic E-state index is 13.2. The van der Waals surface area contributed by atoms with Gasteiger partial charge in [0.25, 0.3) is 0 Å². The minimum Gasteiger partial charge on any atom is -0.497 e. The van der Waals surface area contributed by atoms with E-state index in [1.54, 1.807) is 26.2 Å². The summed E-state index contributed by atoms with van der Waals surface area (Å²) in [5.41, 5.74) is 1.85. The largest absolute Gasteiger partial charge is 0.497 e. The normalized spacial score (nSPS) is 16.6. The molecule has 1 unspecified atom stereocenters. The molecule has 1 aliphatic rings. The molecule has 0 bridgehead atoms. The molecule has 9 heteroatoms. The number of morpholine rings is 1. The zero-order valence-electron chi connectivity index (χ0n) is 20.1. The van der Waals surface area contributed by atoms with Gasteiger partial charge in [0.1, 0.15) is 23.5 Å². The summed E-state index contributed by atoms with van der Waals surface area (Å²) < 4.78 is 29.3. The lowest BCUT2D eigenvalue weighted by Crippen LogP contribution is -2.47. The van der Waals surface area contributed by atoms with Crippen molar-refractivity contribution in [3.8, 4) is 11.8 Å². The second-order valence-electron chi connectivity index (χ2n) is 8.02. The smallest absolute Gasteiger partial charge is 0.352 e. The molecule has 0 aromatic heterocycles. The lowest BCUT2D eigenvalue weighted by Gasteiger charge is -2.33. The molecule has 1 fully saturated rings. The molecule has 8 nitrogen and oxygen atoms in total. The summed E-state index contributed by atoms with van der Waals surface area (Å²) in [6.07, 6.45) is -0.163. The molecule has 0 aliphatic carbocycles. The minimum atomic E-state index is -0.692. The Labute approximate surface area is 205 Å². The second-order valence-corrected chi connectivity index (χ2v) is 8.02. The number of carbonyl (C=O) groups is 1. The van der Waals surface area contributed by atoms with Crippen LogP contribution in [-0.4, -0.2) is 56.9 Å². The Morgan fingerprint density at radius 3 is 2.54 bits per heavy atom. The molecule has 1 heterocycles. The lowest BCUT2D eigenvalue weighted by atomic mass is 10.2. The molecule has 2 aromatic carbocycles. The Kier molecular flexibility index (Phi) is 9.90. The Morgan fingerprint density at radius 2 is 1.89 bits per heavy atom. The van der Waals surface area contributed by atoms with Crippen LogP contribution in [0.4, 0.5) is 4.39 Å². The van der Waals surface area contributed by atoms with Crippen molar-refractivity contribution in [2.75, 3.05) is 40.0 Å². The summed E-state index contributed by atoms with van der Waals surface area (Å²) in [5, 5.41) is 16.0. The van der Waals surface area contributed by atoms with Crippen molar-refractivity contribution in [2.24, 2.45) is 0 Å². The van der Waals surface area contributed by atoms with Gasteiger partial charge in [-0.3, -0.25) is 4.90 Å². The van der Waals surface area contributed by atoms with Crippen molar-refractivity contribution < 1.29 is 23.4 Å². The van der Waals surface area contributed by atoms with Crippen molar-refractivity contribution in [3.63, 3.8) is 0 Å². The first-order valence-electron chi connectivity index (χ1n) is 11.5. The van der Waals surface area contributed by atoms with Gasteiger partial charge in [0.05, 0.1) is 26.4 Å². The van der Waals surface area contributed by atoms with Gasteiger partial charge in [-0.1, -0.05) is 24.3 Å². The highest BCUT2D eigenvalue weighted by Gasteiger charge is 2.23. The zero-order valence-corrected chi connectivity index (χ0v) is 20.1. The fraction of sp³-hybridized carbons (Fsp3) is 0.385. The Morgan fingerprint density at radius 1 is 1.17 bits per heavy atom. The van der Waals surface area contributed by atoms with Gasteiger partial charge in [-0.05, 0) is 42.3 Å². The molecular formula is C26H31FN4O4. The predicted octanol–water partition coefficient (Wildman–Crippen LogP) is 2.71. The highest BCUT2D eigenvalue weighted by molar-refractivity contribution is 5.93.